The first-order valence-corrected chi connectivity index (χ1v) is 5.91. The van der Waals surface area contributed by atoms with Crippen molar-refractivity contribution in [3.8, 4) is 0 Å². The monoisotopic (exact) mass is 243 g/mol. The van der Waals surface area contributed by atoms with Gasteiger partial charge >= 0.3 is 12.1 Å². The van der Waals surface area contributed by atoms with E-state index in [9.17, 15) is 9.59 Å². The number of aliphatic carboxylic acids is 1. The van der Waals surface area contributed by atoms with Gasteiger partial charge in [0.2, 0.25) is 0 Å². The quantitative estimate of drug-likeness (QED) is 0.764. The number of hydrogen-bond donors (Lipinski definition) is 1. The standard InChI is InChI=1S/C12H21NO4/c1-8-7-13(6-5-9(8)10(14)15)11(16)17-12(2,3)4/h8-9H,5-7H2,1-4H3,(H,14,15)/t8-,9+/m0/s1. The molecular formula is C12H21NO4. The number of carboxylic acid groups (broad SMARTS) is 1. The summed E-state index contributed by atoms with van der Waals surface area (Å²) in [5.41, 5.74) is -0.510. The molecule has 0 aromatic carbocycles. The third-order valence-electron chi connectivity index (χ3n) is 2.87. The molecule has 1 aliphatic heterocycles. The zero-order chi connectivity index (χ0) is 13.2. The molecule has 0 aromatic heterocycles. The lowest BCUT2D eigenvalue weighted by Crippen LogP contribution is -2.46. The van der Waals surface area contributed by atoms with E-state index in [4.69, 9.17) is 9.84 Å². The molecule has 0 bridgehead atoms. The van der Waals surface area contributed by atoms with E-state index in [0.717, 1.165) is 0 Å². The summed E-state index contributed by atoms with van der Waals surface area (Å²) in [5, 5.41) is 8.99. The van der Waals surface area contributed by atoms with Gasteiger partial charge in [-0.1, -0.05) is 6.92 Å². The first-order chi connectivity index (χ1) is 7.70. The minimum atomic E-state index is -0.777. The van der Waals surface area contributed by atoms with Crippen LogP contribution in [0.1, 0.15) is 34.1 Å². The lowest BCUT2D eigenvalue weighted by atomic mass is 9.87. The molecule has 1 saturated heterocycles. The van der Waals surface area contributed by atoms with Crippen molar-refractivity contribution >= 4 is 12.1 Å². The molecule has 0 saturated carbocycles. The van der Waals surface area contributed by atoms with E-state index in [1.165, 1.54) is 0 Å². The van der Waals surface area contributed by atoms with Gasteiger partial charge in [0.15, 0.2) is 0 Å². The van der Waals surface area contributed by atoms with E-state index >= 15 is 0 Å². The highest BCUT2D eigenvalue weighted by molar-refractivity contribution is 5.72. The van der Waals surface area contributed by atoms with Crippen molar-refractivity contribution in [1.29, 1.82) is 0 Å². The number of ether oxygens (including phenoxy) is 1. The Kier molecular flexibility index (Phi) is 4.01. The molecule has 0 spiro atoms. The number of likely N-dealkylation sites (tertiary alicyclic amines) is 1. The van der Waals surface area contributed by atoms with Gasteiger partial charge in [-0.05, 0) is 33.1 Å². The predicted molar refractivity (Wildman–Crippen MR) is 62.7 cm³/mol. The zero-order valence-electron chi connectivity index (χ0n) is 10.9. The summed E-state index contributed by atoms with van der Waals surface area (Å²) in [4.78, 5) is 24.3. The fourth-order valence-electron chi connectivity index (χ4n) is 2.00. The molecule has 0 radical (unpaired) electrons. The number of amides is 1. The van der Waals surface area contributed by atoms with Gasteiger partial charge in [-0.25, -0.2) is 4.79 Å². The Morgan fingerprint density at radius 3 is 2.35 bits per heavy atom. The van der Waals surface area contributed by atoms with Crippen LogP contribution < -0.4 is 0 Å². The summed E-state index contributed by atoms with van der Waals surface area (Å²) in [7, 11) is 0. The van der Waals surface area contributed by atoms with Gasteiger partial charge in [0, 0.05) is 13.1 Å². The summed E-state index contributed by atoms with van der Waals surface area (Å²) in [6, 6.07) is 0. The minimum absolute atomic E-state index is 0.0335. The molecule has 0 unspecified atom stereocenters. The zero-order valence-corrected chi connectivity index (χ0v) is 10.9. The van der Waals surface area contributed by atoms with E-state index in [1.807, 2.05) is 27.7 Å². The molecular weight excluding hydrogens is 222 g/mol. The van der Waals surface area contributed by atoms with Crippen LogP contribution in [-0.2, 0) is 9.53 Å². The van der Waals surface area contributed by atoms with Crippen LogP contribution in [0, 0.1) is 11.8 Å². The molecule has 1 heterocycles. The van der Waals surface area contributed by atoms with Crippen LogP contribution in [-0.4, -0.2) is 40.8 Å². The maximum absolute atomic E-state index is 11.8. The number of carbonyl (C=O) groups excluding carboxylic acids is 1. The number of rotatable bonds is 1. The summed E-state index contributed by atoms with van der Waals surface area (Å²) in [6.45, 7) is 8.21. The second kappa shape index (κ2) is 4.94. The van der Waals surface area contributed by atoms with E-state index in [2.05, 4.69) is 0 Å². The van der Waals surface area contributed by atoms with Crippen LogP contribution >= 0.6 is 0 Å². The first-order valence-electron chi connectivity index (χ1n) is 5.91. The summed E-state index contributed by atoms with van der Waals surface area (Å²) >= 11 is 0. The molecule has 1 fully saturated rings. The molecule has 5 heteroatoms. The summed E-state index contributed by atoms with van der Waals surface area (Å²) < 4.78 is 5.26. The summed E-state index contributed by atoms with van der Waals surface area (Å²) in [6.07, 6.45) is 0.142. The third kappa shape index (κ3) is 3.91. The number of carbonyl (C=O) groups is 2. The highest BCUT2D eigenvalue weighted by atomic mass is 16.6. The molecule has 98 valence electrons. The molecule has 17 heavy (non-hydrogen) atoms. The van der Waals surface area contributed by atoms with Crippen LogP contribution in [0.25, 0.3) is 0 Å². The third-order valence-corrected chi connectivity index (χ3v) is 2.87. The van der Waals surface area contributed by atoms with Gasteiger partial charge in [-0.2, -0.15) is 0 Å². The Bertz CT molecular complexity index is 308. The smallest absolute Gasteiger partial charge is 0.410 e. The largest absolute Gasteiger partial charge is 0.481 e. The average Bonchev–Trinajstić information content (AvgIpc) is 2.14. The van der Waals surface area contributed by atoms with Crippen LogP contribution in [0.15, 0.2) is 0 Å². The Morgan fingerprint density at radius 2 is 1.94 bits per heavy atom. The van der Waals surface area contributed by atoms with E-state index in [0.29, 0.717) is 19.5 Å². The first kappa shape index (κ1) is 13.8. The molecule has 5 nitrogen and oxygen atoms in total. The van der Waals surface area contributed by atoms with E-state index in [1.54, 1.807) is 4.90 Å². The molecule has 0 aromatic rings. The van der Waals surface area contributed by atoms with Gasteiger partial charge < -0.3 is 14.7 Å². The number of carboxylic acids is 1. The normalized spacial score (nSPS) is 25.5. The Balaban J connectivity index is 2.55. The van der Waals surface area contributed by atoms with Gasteiger partial charge in [-0.15, -0.1) is 0 Å². The Hall–Kier alpha value is -1.26. The van der Waals surface area contributed by atoms with Crippen molar-refractivity contribution in [2.75, 3.05) is 13.1 Å². The van der Waals surface area contributed by atoms with Crippen molar-refractivity contribution in [3.05, 3.63) is 0 Å². The topological polar surface area (TPSA) is 66.8 Å². The van der Waals surface area contributed by atoms with Crippen molar-refractivity contribution < 1.29 is 19.4 Å². The highest BCUT2D eigenvalue weighted by Gasteiger charge is 2.34. The fourth-order valence-corrected chi connectivity index (χ4v) is 2.00. The van der Waals surface area contributed by atoms with E-state index < -0.39 is 11.6 Å². The average molecular weight is 243 g/mol. The Morgan fingerprint density at radius 1 is 1.35 bits per heavy atom. The Labute approximate surface area is 102 Å². The van der Waals surface area contributed by atoms with Gasteiger partial charge in [0.05, 0.1) is 5.92 Å². The second-order valence-corrected chi connectivity index (χ2v) is 5.64. The maximum Gasteiger partial charge on any atom is 0.410 e. The van der Waals surface area contributed by atoms with Crippen LogP contribution in [0.5, 0.6) is 0 Å². The van der Waals surface area contributed by atoms with Crippen LogP contribution in [0.2, 0.25) is 0 Å². The van der Waals surface area contributed by atoms with Gasteiger partial charge in [0.25, 0.3) is 0 Å². The lowest BCUT2D eigenvalue weighted by Gasteiger charge is -2.35. The second-order valence-electron chi connectivity index (χ2n) is 5.64. The van der Waals surface area contributed by atoms with Crippen LogP contribution in [0.3, 0.4) is 0 Å². The molecule has 1 rings (SSSR count). The van der Waals surface area contributed by atoms with Gasteiger partial charge in [-0.3, -0.25) is 4.79 Å². The minimum Gasteiger partial charge on any atom is -0.481 e. The number of nitrogens with zero attached hydrogens (tertiary/aromatic N) is 1. The number of piperidine rings is 1. The summed E-state index contributed by atoms with van der Waals surface area (Å²) in [5.74, 6) is -1.16. The predicted octanol–water partition coefficient (Wildman–Crippen LogP) is 1.96. The lowest BCUT2D eigenvalue weighted by molar-refractivity contribution is -0.145. The van der Waals surface area contributed by atoms with Gasteiger partial charge in [0.1, 0.15) is 5.60 Å². The number of hydrogen-bond acceptors (Lipinski definition) is 3. The molecule has 0 aliphatic carbocycles. The van der Waals surface area contributed by atoms with Crippen molar-refractivity contribution in [3.63, 3.8) is 0 Å². The molecule has 2 atom stereocenters. The van der Waals surface area contributed by atoms with E-state index in [-0.39, 0.29) is 17.9 Å². The van der Waals surface area contributed by atoms with Crippen molar-refractivity contribution in [2.45, 2.75) is 39.7 Å². The molecule has 1 aliphatic rings. The maximum atomic E-state index is 11.8. The molecule has 1 N–H and O–H groups in total. The SMILES string of the molecule is C[C@H]1CN(C(=O)OC(C)(C)C)CC[C@H]1C(=O)O. The van der Waals surface area contributed by atoms with Crippen LogP contribution in [0.4, 0.5) is 4.79 Å². The fraction of sp³-hybridized carbons (Fsp3) is 0.833. The molecule has 1 amide bonds. The van der Waals surface area contributed by atoms with Crippen molar-refractivity contribution in [1.82, 2.24) is 4.90 Å². The highest BCUT2D eigenvalue weighted by Crippen LogP contribution is 2.24. The van der Waals surface area contributed by atoms with Crippen molar-refractivity contribution in [2.24, 2.45) is 11.8 Å².